The third-order valence-electron chi connectivity index (χ3n) is 5.13. The first-order valence-corrected chi connectivity index (χ1v) is 9.87. The number of piperazine rings is 1. The van der Waals surface area contributed by atoms with Crippen LogP contribution in [0.2, 0.25) is 5.02 Å². The van der Waals surface area contributed by atoms with Crippen LogP contribution in [0.5, 0.6) is 0 Å². The van der Waals surface area contributed by atoms with Gasteiger partial charge in [-0.15, -0.1) is 0 Å². The number of carbonyl (C=O) groups excluding carboxylic acids is 1. The Balaban J connectivity index is 1.36. The van der Waals surface area contributed by atoms with E-state index in [-0.39, 0.29) is 11.7 Å². The molecular weight excluding hydrogens is 393 g/mol. The number of nitrogens with zero attached hydrogens (tertiary/aromatic N) is 3. The molecule has 2 aromatic carbocycles. The monoisotopic (exact) mass is 413 g/mol. The molecule has 150 valence electrons. The largest absolute Gasteiger partial charge is 0.355 e. The molecule has 0 N–H and O–H groups in total. The van der Waals surface area contributed by atoms with Gasteiger partial charge < -0.3 is 9.42 Å². The SMILES string of the molecule is Cc1ccc(-c2cc(C(=O)N3CCN(Cc4ccc(F)cc4Cl)CC3)no2)cc1. The van der Waals surface area contributed by atoms with Gasteiger partial charge in [-0.1, -0.05) is 52.7 Å². The number of aryl methyl sites for hydroxylation is 1. The molecule has 0 bridgehead atoms. The van der Waals surface area contributed by atoms with Crippen molar-refractivity contribution in [3.8, 4) is 11.3 Å². The summed E-state index contributed by atoms with van der Waals surface area (Å²) in [5.74, 6) is 0.108. The summed E-state index contributed by atoms with van der Waals surface area (Å²) in [5, 5.41) is 4.39. The van der Waals surface area contributed by atoms with Crippen LogP contribution in [0.3, 0.4) is 0 Å². The predicted octanol–water partition coefficient (Wildman–Crippen LogP) is 4.40. The smallest absolute Gasteiger partial charge is 0.276 e. The molecule has 29 heavy (non-hydrogen) atoms. The van der Waals surface area contributed by atoms with Crippen LogP contribution in [-0.2, 0) is 6.54 Å². The van der Waals surface area contributed by atoms with E-state index in [9.17, 15) is 9.18 Å². The molecule has 1 saturated heterocycles. The van der Waals surface area contributed by atoms with E-state index >= 15 is 0 Å². The highest BCUT2D eigenvalue weighted by Crippen LogP contribution is 2.23. The van der Waals surface area contributed by atoms with E-state index < -0.39 is 0 Å². The number of rotatable bonds is 4. The van der Waals surface area contributed by atoms with Gasteiger partial charge in [0.05, 0.1) is 0 Å². The number of aromatic nitrogens is 1. The molecule has 1 amide bonds. The van der Waals surface area contributed by atoms with Crippen molar-refractivity contribution >= 4 is 17.5 Å². The van der Waals surface area contributed by atoms with Gasteiger partial charge in [-0.2, -0.15) is 0 Å². The van der Waals surface area contributed by atoms with E-state index in [0.29, 0.717) is 49.2 Å². The molecule has 0 radical (unpaired) electrons. The molecule has 1 aliphatic heterocycles. The normalized spacial score (nSPS) is 14.9. The van der Waals surface area contributed by atoms with Gasteiger partial charge in [-0.05, 0) is 24.6 Å². The first-order chi connectivity index (χ1) is 14.0. The van der Waals surface area contributed by atoms with E-state index in [1.807, 2.05) is 31.2 Å². The van der Waals surface area contributed by atoms with Crippen molar-refractivity contribution in [2.24, 2.45) is 0 Å². The van der Waals surface area contributed by atoms with E-state index in [4.69, 9.17) is 16.1 Å². The van der Waals surface area contributed by atoms with Gasteiger partial charge >= 0.3 is 0 Å². The fourth-order valence-corrected chi connectivity index (χ4v) is 3.62. The van der Waals surface area contributed by atoms with Crippen LogP contribution in [0.25, 0.3) is 11.3 Å². The zero-order valence-electron chi connectivity index (χ0n) is 16.1. The van der Waals surface area contributed by atoms with Crippen LogP contribution in [0, 0.1) is 12.7 Å². The van der Waals surface area contributed by atoms with E-state index in [2.05, 4.69) is 10.1 Å². The second-order valence-corrected chi connectivity index (χ2v) is 7.65. The minimum absolute atomic E-state index is 0.133. The minimum Gasteiger partial charge on any atom is -0.355 e. The molecule has 1 aromatic heterocycles. The molecule has 2 heterocycles. The molecule has 4 rings (SSSR count). The number of amides is 1. The lowest BCUT2D eigenvalue weighted by Crippen LogP contribution is -2.48. The van der Waals surface area contributed by atoms with Gasteiger partial charge in [0.15, 0.2) is 11.5 Å². The Kier molecular flexibility index (Phi) is 5.65. The number of hydrogen-bond donors (Lipinski definition) is 0. The minimum atomic E-state index is -0.341. The summed E-state index contributed by atoms with van der Waals surface area (Å²) in [5.41, 5.74) is 3.25. The Morgan fingerprint density at radius 2 is 1.83 bits per heavy atom. The van der Waals surface area contributed by atoms with E-state index in [1.54, 1.807) is 17.0 Å². The quantitative estimate of drug-likeness (QED) is 0.636. The van der Waals surface area contributed by atoms with Crippen molar-refractivity contribution in [1.82, 2.24) is 15.0 Å². The van der Waals surface area contributed by atoms with Gasteiger partial charge in [-0.25, -0.2) is 4.39 Å². The number of hydrogen-bond acceptors (Lipinski definition) is 4. The Labute approximate surface area is 173 Å². The van der Waals surface area contributed by atoms with Crippen molar-refractivity contribution in [2.75, 3.05) is 26.2 Å². The Morgan fingerprint density at radius 1 is 1.10 bits per heavy atom. The number of halogens is 2. The highest BCUT2D eigenvalue weighted by Gasteiger charge is 2.25. The van der Waals surface area contributed by atoms with Gasteiger partial charge in [0.2, 0.25) is 0 Å². The maximum absolute atomic E-state index is 13.2. The van der Waals surface area contributed by atoms with Crippen LogP contribution < -0.4 is 0 Å². The Bertz CT molecular complexity index is 1010. The lowest BCUT2D eigenvalue weighted by molar-refractivity contribution is 0.0618. The summed E-state index contributed by atoms with van der Waals surface area (Å²) >= 11 is 6.12. The summed E-state index contributed by atoms with van der Waals surface area (Å²) in [6, 6.07) is 14.0. The lowest BCUT2D eigenvalue weighted by atomic mass is 10.1. The van der Waals surface area contributed by atoms with Crippen LogP contribution in [0.15, 0.2) is 53.1 Å². The highest BCUT2D eigenvalue weighted by atomic mass is 35.5. The van der Waals surface area contributed by atoms with E-state index in [1.165, 1.54) is 12.1 Å². The third kappa shape index (κ3) is 4.49. The van der Waals surface area contributed by atoms with Crippen molar-refractivity contribution in [3.05, 3.63) is 76.2 Å². The molecule has 5 nitrogen and oxygen atoms in total. The highest BCUT2D eigenvalue weighted by molar-refractivity contribution is 6.31. The second kappa shape index (κ2) is 8.35. The molecule has 1 fully saturated rings. The predicted molar refractivity (Wildman–Crippen MR) is 109 cm³/mol. The molecule has 1 aliphatic rings. The van der Waals surface area contributed by atoms with Crippen LogP contribution in [0.1, 0.15) is 21.6 Å². The maximum atomic E-state index is 13.2. The molecule has 7 heteroatoms. The number of carbonyl (C=O) groups is 1. The summed E-state index contributed by atoms with van der Waals surface area (Å²) in [6.07, 6.45) is 0. The molecule has 0 saturated carbocycles. The average Bonchev–Trinajstić information content (AvgIpc) is 3.21. The molecule has 0 unspecified atom stereocenters. The Morgan fingerprint density at radius 3 is 2.52 bits per heavy atom. The number of benzene rings is 2. The summed E-state index contributed by atoms with van der Waals surface area (Å²) in [6.45, 7) is 5.24. The van der Waals surface area contributed by atoms with Gasteiger partial charge in [0.25, 0.3) is 5.91 Å². The molecule has 0 aliphatic carbocycles. The molecule has 0 atom stereocenters. The third-order valence-corrected chi connectivity index (χ3v) is 5.49. The molecule has 0 spiro atoms. The fourth-order valence-electron chi connectivity index (χ4n) is 3.39. The van der Waals surface area contributed by atoms with E-state index in [0.717, 1.165) is 16.7 Å². The van der Waals surface area contributed by atoms with Crippen molar-refractivity contribution in [2.45, 2.75) is 13.5 Å². The molecular formula is C22H21ClFN3O2. The van der Waals surface area contributed by atoms with Gasteiger partial charge in [-0.3, -0.25) is 9.69 Å². The Hall–Kier alpha value is -2.70. The lowest BCUT2D eigenvalue weighted by Gasteiger charge is -2.34. The van der Waals surface area contributed by atoms with Crippen LogP contribution in [-0.4, -0.2) is 47.0 Å². The maximum Gasteiger partial charge on any atom is 0.276 e. The summed E-state index contributed by atoms with van der Waals surface area (Å²) in [7, 11) is 0. The van der Waals surface area contributed by atoms with Crippen molar-refractivity contribution in [3.63, 3.8) is 0 Å². The summed E-state index contributed by atoms with van der Waals surface area (Å²) in [4.78, 5) is 16.8. The van der Waals surface area contributed by atoms with Gasteiger partial charge in [0.1, 0.15) is 5.82 Å². The van der Waals surface area contributed by atoms with Crippen molar-refractivity contribution < 1.29 is 13.7 Å². The fraction of sp³-hybridized carbons (Fsp3) is 0.273. The zero-order valence-corrected chi connectivity index (χ0v) is 16.8. The first kappa shape index (κ1) is 19.6. The van der Waals surface area contributed by atoms with Crippen molar-refractivity contribution in [1.29, 1.82) is 0 Å². The second-order valence-electron chi connectivity index (χ2n) is 7.25. The average molecular weight is 414 g/mol. The molecule has 3 aromatic rings. The summed E-state index contributed by atoms with van der Waals surface area (Å²) < 4.78 is 18.6. The van der Waals surface area contributed by atoms with Crippen LogP contribution >= 0.6 is 11.6 Å². The van der Waals surface area contributed by atoms with Crippen LogP contribution in [0.4, 0.5) is 4.39 Å². The van der Waals surface area contributed by atoms with Gasteiger partial charge in [0, 0.05) is 49.4 Å². The topological polar surface area (TPSA) is 49.6 Å². The zero-order chi connectivity index (χ0) is 20.4. The standard InChI is InChI=1S/C22H21ClFN3O2/c1-15-2-4-16(5-3-15)21-13-20(25-29-21)22(28)27-10-8-26(9-11-27)14-17-6-7-18(24)12-19(17)23/h2-7,12-13H,8-11,14H2,1H3. The first-order valence-electron chi connectivity index (χ1n) is 9.49.